The second-order valence-corrected chi connectivity index (χ2v) is 5.27. The van der Waals surface area contributed by atoms with E-state index in [-0.39, 0.29) is 13.2 Å². The molecule has 0 saturated heterocycles. The van der Waals surface area contributed by atoms with Crippen LogP contribution in [0.25, 0.3) is 10.8 Å². The van der Waals surface area contributed by atoms with Gasteiger partial charge in [-0.15, -0.1) is 11.6 Å². The summed E-state index contributed by atoms with van der Waals surface area (Å²) in [6.07, 6.45) is 1.10. The van der Waals surface area contributed by atoms with Gasteiger partial charge in [-0.25, -0.2) is 4.79 Å². The number of carbonyl (C=O) groups is 1. The molecule has 0 atom stereocenters. The first-order valence-electron chi connectivity index (χ1n) is 6.99. The van der Waals surface area contributed by atoms with Crippen molar-refractivity contribution in [2.45, 2.75) is 0 Å². The van der Waals surface area contributed by atoms with Crippen LogP contribution in [-0.4, -0.2) is 31.7 Å². The lowest BCUT2D eigenvalue weighted by molar-refractivity contribution is -0.138. The summed E-state index contributed by atoms with van der Waals surface area (Å²) < 4.78 is 16.2. The average molecular weight is 355 g/mol. The lowest BCUT2D eigenvalue weighted by Gasteiger charge is -2.15. The Labute approximate surface area is 144 Å². The zero-order chi connectivity index (χ0) is 16.7. The number of fused-ring (bicyclic) bond motifs is 1. The van der Waals surface area contributed by atoms with Gasteiger partial charge in [0.25, 0.3) is 0 Å². The third-order valence-electron chi connectivity index (χ3n) is 2.99. The molecular weight excluding hydrogens is 339 g/mol. The van der Waals surface area contributed by atoms with Gasteiger partial charge < -0.3 is 14.2 Å². The molecule has 0 fully saturated rings. The number of halogens is 2. The molecule has 0 amide bonds. The minimum absolute atomic E-state index is 0.111. The summed E-state index contributed by atoms with van der Waals surface area (Å²) in [6.45, 7) is 4.01. The maximum atomic E-state index is 11.0. The van der Waals surface area contributed by atoms with E-state index < -0.39 is 5.97 Å². The maximum Gasteiger partial charge on any atom is 0.330 e. The first-order valence-corrected chi connectivity index (χ1v) is 7.90. The van der Waals surface area contributed by atoms with E-state index in [4.69, 9.17) is 37.4 Å². The number of alkyl halides is 1. The Morgan fingerprint density at radius 1 is 1.13 bits per heavy atom. The number of ether oxygens (including phenoxy) is 3. The highest BCUT2D eigenvalue weighted by Crippen LogP contribution is 2.39. The minimum Gasteiger partial charge on any atom is -0.492 e. The van der Waals surface area contributed by atoms with Crippen molar-refractivity contribution in [1.82, 2.24) is 0 Å². The predicted molar refractivity (Wildman–Crippen MR) is 91.8 cm³/mol. The normalized spacial score (nSPS) is 10.3. The van der Waals surface area contributed by atoms with Crippen LogP contribution in [0.2, 0.25) is 5.02 Å². The van der Waals surface area contributed by atoms with E-state index in [0.29, 0.717) is 29.0 Å². The first kappa shape index (κ1) is 17.4. The Hall–Kier alpha value is -1.91. The fourth-order valence-corrected chi connectivity index (χ4v) is 2.38. The Morgan fingerprint density at radius 2 is 1.87 bits per heavy atom. The molecule has 6 heteroatoms. The summed E-state index contributed by atoms with van der Waals surface area (Å²) in [5, 5.41) is 2.11. The van der Waals surface area contributed by atoms with E-state index in [1.807, 2.05) is 24.3 Å². The van der Waals surface area contributed by atoms with Gasteiger partial charge in [0.2, 0.25) is 0 Å². The molecule has 2 aromatic rings. The lowest BCUT2D eigenvalue weighted by Crippen LogP contribution is -2.10. The van der Waals surface area contributed by atoms with Crippen molar-refractivity contribution < 1.29 is 19.0 Å². The van der Waals surface area contributed by atoms with E-state index in [0.717, 1.165) is 16.8 Å². The molecule has 2 rings (SSSR count). The zero-order valence-electron chi connectivity index (χ0n) is 12.4. The molecule has 0 unspecified atom stereocenters. The quantitative estimate of drug-likeness (QED) is 0.308. The van der Waals surface area contributed by atoms with E-state index in [2.05, 4.69) is 6.58 Å². The summed E-state index contributed by atoms with van der Waals surface area (Å²) in [5.74, 6) is 1.07. The fraction of sp³-hybridized carbons (Fsp3) is 0.235. The number of benzene rings is 2. The molecule has 4 nitrogen and oxygen atoms in total. The SMILES string of the molecule is C=CC(=O)OCCOc1c(Cl)cc(OCCCl)c2ccccc12. The van der Waals surface area contributed by atoms with Crippen molar-refractivity contribution in [3.63, 3.8) is 0 Å². The number of esters is 1. The molecule has 0 aliphatic heterocycles. The average Bonchev–Trinajstić information content (AvgIpc) is 2.58. The number of hydrogen-bond donors (Lipinski definition) is 0. The largest absolute Gasteiger partial charge is 0.492 e. The highest BCUT2D eigenvalue weighted by molar-refractivity contribution is 6.33. The molecule has 0 spiro atoms. The molecule has 0 heterocycles. The van der Waals surface area contributed by atoms with E-state index in [9.17, 15) is 4.79 Å². The predicted octanol–water partition coefficient (Wildman–Crippen LogP) is 4.22. The third kappa shape index (κ3) is 4.53. The first-order chi connectivity index (χ1) is 11.2. The highest BCUT2D eigenvalue weighted by atomic mass is 35.5. The summed E-state index contributed by atoms with van der Waals surface area (Å²) in [4.78, 5) is 11.0. The lowest BCUT2D eigenvalue weighted by atomic mass is 10.1. The van der Waals surface area contributed by atoms with Gasteiger partial charge >= 0.3 is 5.97 Å². The topological polar surface area (TPSA) is 44.8 Å². The molecule has 0 saturated carbocycles. The molecule has 0 aromatic heterocycles. The van der Waals surface area contributed by atoms with Crippen LogP contribution in [-0.2, 0) is 9.53 Å². The van der Waals surface area contributed by atoms with E-state index in [1.54, 1.807) is 6.07 Å². The zero-order valence-corrected chi connectivity index (χ0v) is 13.9. The summed E-state index contributed by atoms with van der Waals surface area (Å²) in [5.41, 5.74) is 0. The van der Waals surface area contributed by atoms with Crippen molar-refractivity contribution in [2.75, 3.05) is 25.7 Å². The van der Waals surface area contributed by atoms with Gasteiger partial charge in [-0.05, 0) is 0 Å². The molecule has 0 N–H and O–H groups in total. The molecule has 23 heavy (non-hydrogen) atoms. The van der Waals surface area contributed by atoms with Crippen LogP contribution in [0.4, 0.5) is 0 Å². The summed E-state index contributed by atoms with van der Waals surface area (Å²) in [6, 6.07) is 9.29. The van der Waals surface area contributed by atoms with E-state index >= 15 is 0 Å². The Morgan fingerprint density at radius 3 is 2.57 bits per heavy atom. The van der Waals surface area contributed by atoms with Crippen molar-refractivity contribution in [3.05, 3.63) is 48.0 Å². The van der Waals surface area contributed by atoms with Gasteiger partial charge in [-0.1, -0.05) is 42.4 Å². The highest BCUT2D eigenvalue weighted by Gasteiger charge is 2.13. The van der Waals surface area contributed by atoms with Gasteiger partial charge in [-0.2, -0.15) is 0 Å². The van der Waals surface area contributed by atoms with Crippen LogP contribution in [0.5, 0.6) is 11.5 Å². The molecule has 2 aromatic carbocycles. The fourth-order valence-electron chi connectivity index (χ4n) is 2.04. The van der Waals surface area contributed by atoms with Crippen LogP contribution < -0.4 is 9.47 Å². The second kappa shape index (κ2) is 8.65. The van der Waals surface area contributed by atoms with Crippen LogP contribution in [0.1, 0.15) is 0 Å². The second-order valence-electron chi connectivity index (χ2n) is 4.49. The van der Waals surface area contributed by atoms with Gasteiger partial charge in [0.15, 0.2) is 0 Å². The molecule has 122 valence electrons. The van der Waals surface area contributed by atoms with Crippen molar-refractivity contribution in [3.8, 4) is 11.5 Å². The van der Waals surface area contributed by atoms with Gasteiger partial charge in [0, 0.05) is 22.9 Å². The minimum atomic E-state index is -0.491. The maximum absolute atomic E-state index is 11.0. The number of rotatable bonds is 8. The smallest absolute Gasteiger partial charge is 0.330 e. The molecule has 0 radical (unpaired) electrons. The van der Waals surface area contributed by atoms with Crippen LogP contribution in [0, 0.1) is 0 Å². The number of hydrogen-bond acceptors (Lipinski definition) is 4. The molecular formula is C17H16Cl2O4. The molecule has 0 aliphatic carbocycles. The molecule has 0 bridgehead atoms. The Kier molecular flexibility index (Phi) is 6.56. The van der Waals surface area contributed by atoms with Crippen molar-refractivity contribution >= 4 is 39.9 Å². The third-order valence-corrected chi connectivity index (χ3v) is 3.42. The number of carbonyl (C=O) groups excluding carboxylic acids is 1. The van der Waals surface area contributed by atoms with Crippen LogP contribution in [0.3, 0.4) is 0 Å². The van der Waals surface area contributed by atoms with Gasteiger partial charge in [0.05, 0.1) is 10.9 Å². The Bertz CT molecular complexity index is 700. The van der Waals surface area contributed by atoms with Gasteiger partial charge in [-0.3, -0.25) is 0 Å². The standard InChI is InChI=1S/C17H16Cl2O4/c1-2-16(20)22-9-10-23-17-13-6-4-3-5-12(13)15(11-14(17)19)21-8-7-18/h2-6,11H,1,7-10H2. The summed E-state index contributed by atoms with van der Waals surface area (Å²) in [7, 11) is 0. The van der Waals surface area contributed by atoms with Crippen LogP contribution in [0.15, 0.2) is 43.0 Å². The summed E-state index contributed by atoms with van der Waals surface area (Å²) >= 11 is 12.0. The van der Waals surface area contributed by atoms with Crippen molar-refractivity contribution in [2.24, 2.45) is 0 Å². The monoisotopic (exact) mass is 354 g/mol. The van der Waals surface area contributed by atoms with Crippen molar-refractivity contribution in [1.29, 1.82) is 0 Å². The molecule has 0 aliphatic rings. The van der Waals surface area contributed by atoms with E-state index in [1.165, 1.54) is 0 Å². The van der Waals surface area contributed by atoms with Crippen LogP contribution >= 0.6 is 23.2 Å². The Balaban J connectivity index is 2.21. The van der Waals surface area contributed by atoms with Gasteiger partial charge in [0.1, 0.15) is 31.3 Å².